The number of hydrogen-bond donors (Lipinski definition) is 2. The van der Waals surface area contributed by atoms with Gasteiger partial charge in [-0.2, -0.15) is 0 Å². The Hall–Kier alpha value is -0.210. The van der Waals surface area contributed by atoms with E-state index in [4.69, 9.17) is 28.6 Å². The van der Waals surface area contributed by atoms with E-state index in [1.807, 2.05) is 6.92 Å². The van der Waals surface area contributed by atoms with Crippen molar-refractivity contribution in [3.63, 3.8) is 0 Å². The van der Waals surface area contributed by atoms with Crippen LogP contribution in [-0.2, 0) is 0 Å². The van der Waals surface area contributed by atoms with Gasteiger partial charge in [0.05, 0.1) is 0 Å². The molecule has 4 heteroatoms. The molecule has 0 saturated carbocycles. The molecule has 0 aromatic rings. The van der Waals surface area contributed by atoms with E-state index >= 15 is 0 Å². The van der Waals surface area contributed by atoms with E-state index < -0.39 is 0 Å². The number of allylic oxidation sites excluding steroid dienone is 1. The van der Waals surface area contributed by atoms with Gasteiger partial charge >= 0.3 is 0 Å². The minimum atomic E-state index is -0.0686. The van der Waals surface area contributed by atoms with E-state index in [1.54, 1.807) is 0 Å². The van der Waals surface area contributed by atoms with Crippen LogP contribution in [0.3, 0.4) is 0 Å². The lowest BCUT2D eigenvalue weighted by atomic mass is 10.6. The minimum Gasteiger partial charge on any atom is -0.376 e. The van der Waals surface area contributed by atoms with Gasteiger partial charge in [0.2, 0.25) is 0 Å². The molecule has 0 bridgehead atoms. The molecule has 52 valence electrons. The predicted octanol–water partition coefficient (Wildman–Crippen LogP) is 1.89. The summed E-state index contributed by atoms with van der Waals surface area (Å²) in [6.45, 7) is 2.65. The highest BCUT2D eigenvalue weighted by molar-refractivity contribution is 6.68. The number of hydrogen-bond acceptors (Lipinski definition) is 2. The van der Waals surface area contributed by atoms with Crippen LogP contribution in [0.15, 0.2) is 11.2 Å². The Morgan fingerprint density at radius 2 is 2.22 bits per heavy atom. The molecule has 0 aliphatic carbocycles. The highest BCUT2D eigenvalue weighted by Crippen LogP contribution is 1.96. The number of nitrogens with one attached hydrogen (secondary N) is 2. The average Bonchev–Trinajstić information content (AvgIpc) is 1.63. The van der Waals surface area contributed by atoms with Gasteiger partial charge in [-0.05, 0) is 6.92 Å². The van der Waals surface area contributed by atoms with Crippen LogP contribution >= 0.6 is 23.2 Å². The highest BCUT2D eigenvalue weighted by Gasteiger charge is 1.88. The lowest BCUT2D eigenvalue weighted by molar-refractivity contribution is 0.903. The van der Waals surface area contributed by atoms with Gasteiger partial charge in [0.1, 0.15) is 10.3 Å². The Morgan fingerprint density at radius 3 is 2.56 bits per heavy atom. The van der Waals surface area contributed by atoms with Crippen molar-refractivity contribution >= 4 is 28.4 Å². The quantitative estimate of drug-likeness (QED) is 0.488. The second kappa shape index (κ2) is 4.65. The Morgan fingerprint density at radius 1 is 1.67 bits per heavy atom. The average molecular weight is 167 g/mol. The van der Waals surface area contributed by atoms with Crippen molar-refractivity contribution in [3.05, 3.63) is 11.2 Å². The summed E-state index contributed by atoms with van der Waals surface area (Å²) in [4.78, 5) is 0. The molecule has 0 spiro atoms. The molecule has 0 unspecified atom stereocenters. The first-order chi connectivity index (χ1) is 4.16. The van der Waals surface area contributed by atoms with E-state index in [9.17, 15) is 0 Å². The molecule has 0 amide bonds. The van der Waals surface area contributed by atoms with Gasteiger partial charge in [-0.1, -0.05) is 23.2 Å². The molecule has 9 heavy (non-hydrogen) atoms. The SMILES string of the molecule is CCN/C(Cl)=C\C(=N)Cl. The summed E-state index contributed by atoms with van der Waals surface area (Å²) in [7, 11) is 0. The fourth-order valence-electron chi connectivity index (χ4n) is 0.331. The van der Waals surface area contributed by atoms with Crippen molar-refractivity contribution in [2.45, 2.75) is 6.92 Å². The molecule has 0 radical (unpaired) electrons. The molecular formula is C5H8Cl2N2. The first kappa shape index (κ1) is 8.79. The first-order valence-electron chi connectivity index (χ1n) is 2.52. The van der Waals surface area contributed by atoms with Gasteiger partial charge in [-0.3, -0.25) is 5.41 Å². The smallest absolute Gasteiger partial charge is 0.123 e. The van der Waals surface area contributed by atoms with E-state index in [0.29, 0.717) is 5.16 Å². The van der Waals surface area contributed by atoms with Crippen LogP contribution in [0, 0.1) is 5.41 Å². The second-order valence-electron chi connectivity index (χ2n) is 1.37. The van der Waals surface area contributed by atoms with Crippen molar-refractivity contribution < 1.29 is 0 Å². The molecule has 0 rings (SSSR count). The van der Waals surface area contributed by atoms with E-state index in [2.05, 4.69) is 5.32 Å². The Labute approximate surface area is 64.4 Å². The van der Waals surface area contributed by atoms with Crippen LogP contribution in [0.4, 0.5) is 0 Å². The van der Waals surface area contributed by atoms with Gasteiger partial charge in [0.25, 0.3) is 0 Å². The summed E-state index contributed by atoms with van der Waals surface area (Å²) in [5.74, 6) is 0. The van der Waals surface area contributed by atoms with Gasteiger partial charge in [-0.15, -0.1) is 0 Å². The standard InChI is InChI=1S/C5H8Cl2N2/c1-2-9-5(7)3-4(6)8/h3,8-9H,2H2,1H3/b5-3-,8-4?. The molecule has 0 aliphatic heterocycles. The first-order valence-corrected chi connectivity index (χ1v) is 3.27. The zero-order valence-electron chi connectivity index (χ0n) is 5.04. The fraction of sp³-hybridized carbons (Fsp3) is 0.400. The lowest BCUT2D eigenvalue weighted by Crippen LogP contribution is -2.07. The summed E-state index contributed by atoms with van der Waals surface area (Å²) in [6.07, 6.45) is 1.34. The zero-order valence-corrected chi connectivity index (χ0v) is 6.55. The van der Waals surface area contributed by atoms with Gasteiger partial charge in [0.15, 0.2) is 0 Å². The molecular weight excluding hydrogens is 159 g/mol. The summed E-state index contributed by atoms with van der Waals surface area (Å²) >= 11 is 10.7. The van der Waals surface area contributed by atoms with Crippen LogP contribution in [0.25, 0.3) is 0 Å². The normalized spacial score (nSPS) is 11.2. The number of rotatable bonds is 3. The van der Waals surface area contributed by atoms with E-state index in [1.165, 1.54) is 6.08 Å². The van der Waals surface area contributed by atoms with Gasteiger partial charge in [0, 0.05) is 12.6 Å². The molecule has 0 aromatic carbocycles. The largest absolute Gasteiger partial charge is 0.376 e. The van der Waals surface area contributed by atoms with E-state index in [-0.39, 0.29) is 5.17 Å². The van der Waals surface area contributed by atoms with Crippen LogP contribution in [0.1, 0.15) is 6.92 Å². The van der Waals surface area contributed by atoms with Crippen molar-refractivity contribution in [3.8, 4) is 0 Å². The maximum absolute atomic E-state index is 6.77. The van der Waals surface area contributed by atoms with Crippen LogP contribution in [0.2, 0.25) is 0 Å². The zero-order chi connectivity index (χ0) is 7.28. The van der Waals surface area contributed by atoms with E-state index in [0.717, 1.165) is 6.54 Å². The van der Waals surface area contributed by atoms with Crippen LogP contribution < -0.4 is 5.32 Å². The third-order valence-corrected chi connectivity index (χ3v) is 0.951. The summed E-state index contributed by atoms with van der Waals surface area (Å²) in [6, 6.07) is 0. The van der Waals surface area contributed by atoms with Gasteiger partial charge in [-0.25, -0.2) is 0 Å². The van der Waals surface area contributed by atoms with Crippen LogP contribution in [-0.4, -0.2) is 11.7 Å². The molecule has 0 heterocycles. The van der Waals surface area contributed by atoms with Gasteiger partial charge < -0.3 is 5.32 Å². The Bertz CT molecular complexity index is 131. The molecule has 0 fully saturated rings. The minimum absolute atomic E-state index is 0.0686. The number of halogens is 2. The maximum atomic E-state index is 6.77. The Balaban J connectivity index is 3.69. The summed E-state index contributed by atoms with van der Waals surface area (Å²) in [5.41, 5.74) is 0. The maximum Gasteiger partial charge on any atom is 0.123 e. The fourth-order valence-corrected chi connectivity index (χ4v) is 0.739. The molecule has 0 atom stereocenters. The summed E-state index contributed by atoms with van der Waals surface area (Å²) < 4.78 is 0. The monoisotopic (exact) mass is 166 g/mol. The van der Waals surface area contributed by atoms with Crippen LogP contribution in [0.5, 0.6) is 0 Å². The highest BCUT2D eigenvalue weighted by atomic mass is 35.5. The van der Waals surface area contributed by atoms with Crippen molar-refractivity contribution in [2.75, 3.05) is 6.54 Å². The van der Waals surface area contributed by atoms with Crippen molar-refractivity contribution in [1.82, 2.24) is 5.32 Å². The molecule has 0 aliphatic rings. The molecule has 0 aromatic heterocycles. The lowest BCUT2D eigenvalue weighted by Gasteiger charge is -1.96. The molecule has 2 N–H and O–H groups in total. The second-order valence-corrected chi connectivity index (χ2v) is 2.18. The molecule has 2 nitrogen and oxygen atoms in total. The third-order valence-electron chi connectivity index (χ3n) is 0.599. The molecule has 0 saturated heterocycles. The predicted molar refractivity (Wildman–Crippen MR) is 41.2 cm³/mol. The topological polar surface area (TPSA) is 35.9 Å². The third kappa shape index (κ3) is 5.66. The van der Waals surface area contributed by atoms with Crippen molar-refractivity contribution in [2.24, 2.45) is 0 Å². The Kier molecular flexibility index (Phi) is 4.54. The summed E-state index contributed by atoms with van der Waals surface area (Å²) in [5, 5.41) is 9.88. The van der Waals surface area contributed by atoms with Crippen molar-refractivity contribution in [1.29, 1.82) is 5.41 Å².